The summed E-state index contributed by atoms with van der Waals surface area (Å²) in [6.07, 6.45) is 2.13. The third kappa shape index (κ3) is 1.55. The summed E-state index contributed by atoms with van der Waals surface area (Å²) in [4.78, 5) is 0. The van der Waals surface area contributed by atoms with E-state index in [0.29, 0.717) is 6.54 Å². The van der Waals surface area contributed by atoms with E-state index >= 15 is 0 Å². The van der Waals surface area contributed by atoms with Gasteiger partial charge in [0.05, 0.1) is 12.1 Å². The van der Waals surface area contributed by atoms with E-state index < -0.39 is 0 Å². The minimum Gasteiger partial charge on any atom is -0.395 e. The molecule has 0 spiro atoms. The molecule has 0 aliphatic carbocycles. The fourth-order valence-corrected chi connectivity index (χ4v) is 2.31. The quantitative estimate of drug-likeness (QED) is 0.797. The van der Waals surface area contributed by atoms with Gasteiger partial charge in [-0.1, -0.05) is 12.1 Å². The molecule has 2 nitrogen and oxygen atoms in total. The molecular weight excluding hydrogens is 186 g/mol. The van der Waals surface area contributed by atoms with Crippen molar-refractivity contribution in [2.24, 2.45) is 0 Å². The van der Waals surface area contributed by atoms with Crippen LogP contribution in [-0.2, 0) is 6.54 Å². The highest BCUT2D eigenvalue weighted by Crippen LogP contribution is 2.27. The minimum atomic E-state index is 0.191. The van der Waals surface area contributed by atoms with Crippen molar-refractivity contribution in [3.05, 3.63) is 35.0 Å². The number of rotatable bonds is 2. The Morgan fingerprint density at radius 1 is 1.07 bits per heavy atom. The van der Waals surface area contributed by atoms with Gasteiger partial charge in [0.25, 0.3) is 0 Å². The second-order valence-electron chi connectivity index (χ2n) is 4.15. The maximum Gasteiger partial charge on any atom is 0.0610 e. The third-order valence-electron chi connectivity index (χ3n) is 2.96. The van der Waals surface area contributed by atoms with Crippen molar-refractivity contribution in [2.45, 2.75) is 27.3 Å². The van der Waals surface area contributed by atoms with Crippen LogP contribution in [0.3, 0.4) is 0 Å². The lowest BCUT2D eigenvalue weighted by Gasteiger charge is -2.06. The van der Waals surface area contributed by atoms with Gasteiger partial charge in [0.15, 0.2) is 0 Å². The van der Waals surface area contributed by atoms with E-state index in [-0.39, 0.29) is 6.61 Å². The van der Waals surface area contributed by atoms with E-state index in [2.05, 4.69) is 43.7 Å². The normalized spacial score (nSPS) is 11.2. The Morgan fingerprint density at radius 2 is 1.73 bits per heavy atom. The summed E-state index contributed by atoms with van der Waals surface area (Å²) in [6.45, 7) is 7.25. The summed E-state index contributed by atoms with van der Waals surface area (Å²) in [5.74, 6) is 0. The number of aromatic nitrogens is 1. The van der Waals surface area contributed by atoms with Gasteiger partial charge in [-0.3, -0.25) is 0 Å². The molecular formula is C13H17NO. The van der Waals surface area contributed by atoms with Crippen LogP contribution in [0.1, 0.15) is 16.7 Å². The molecule has 0 fully saturated rings. The molecule has 1 aromatic heterocycles. The summed E-state index contributed by atoms with van der Waals surface area (Å²) in [5, 5.41) is 10.4. The molecule has 0 radical (unpaired) electrons. The summed E-state index contributed by atoms with van der Waals surface area (Å²) in [6, 6.07) is 4.30. The van der Waals surface area contributed by atoms with Gasteiger partial charge in [0.1, 0.15) is 0 Å². The molecule has 2 heteroatoms. The van der Waals surface area contributed by atoms with Crippen molar-refractivity contribution in [1.29, 1.82) is 0 Å². The molecule has 1 N–H and O–H groups in total. The van der Waals surface area contributed by atoms with Crippen LogP contribution in [0.15, 0.2) is 18.3 Å². The molecule has 2 rings (SSSR count). The van der Waals surface area contributed by atoms with E-state index in [1.165, 1.54) is 27.6 Å². The zero-order chi connectivity index (χ0) is 11.0. The molecule has 0 saturated heterocycles. The number of fused-ring (bicyclic) bond motifs is 1. The Labute approximate surface area is 90.2 Å². The number of hydrogen-bond donors (Lipinski definition) is 1. The Balaban J connectivity index is 2.80. The summed E-state index contributed by atoms with van der Waals surface area (Å²) >= 11 is 0. The maximum absolute atomic E-state index is 9.03. The molecule has 1 aromatic carbocycles. The second kappa shape index (κ2) is 3.70. The lowest BCUT2D eigenvalue weighted by Crippen LogP contribution is -2.01. The Morgan fingerprint density at radius 3 is 2.40 bits per heavy atom. The molecule has 0 unspecified atom stereocenters. The summed E-state index contributed by atoms with van der Waals surface area (Å²) in [5.41, 5.74) is 5.14. The Hall–Kier alpha value is -1.28. The van der Waals surface area contributed by atoms with Gasteiger partial charge in [-0.15, -0.1) is 0 Å². The van der Waals surface area contributed by atoms with Crippen LogP contribution in [0.5, 0.6) is 0 Å². The first-order valence-electron chi connectivity index (χ1n) is 5.31. The van der Waals surface area contributed by atoms with Crippen LogP contribution in [0, 0.1) is 20.8 Å². The molecule has 0 aliphatic rings. The highest BCUT2D eigenvalue weighted by molar-refractivity contribution is 5.89. The third-order valence-corrected chi connectivity index (χ3v) is 2.96. The van der Waals surface area contributed by atoms with Crippen LogP contribution >= 0.6 is 0 Å². The second-order valence-corrected chi connectivity index (χ2v) is 4.15. The van der Waals surface area contributed by atoms with Gasteiger partial charge < -0.3 is 9.67 Å². The van der Waals surface area contributed by atoms with E-state index in [1.807, 2.05) is 0 Å². The molecule has 0 aliphatic heterocycles. The molecule has 0 atom stereocenters. The van der Waals surface area contributed by atoms with Crippen LogP contribution in [-0.4, -0.2) is 16.3 Å². The standard InChI is InChI=1S/C13H17NO/c1-9-4-5-10(2)13-12(9)11(3)8-14(13)6-7-15/h4-5,8,15H,6-7H2,1-3H3. The molecule has 2 aromatic rings. The van der Waals surface area contributed by atoms with Crippen molar-refractivity contribution < 1.29 is 5.11 Å². The predicted molar refractivity (Wildman–Crippen MR) is 63.2 cm³/mol. The smallest absolute Gasteiger partial charge is 0.0610 e. The van der Waals surface area contributed by atoms with Crippen LogP contribution < -0.4 is 0 Å². The monoisotopic (exact) mass is 203 g/mol. The van der Waals surface area contributed by atoms with Crippen LogP contribution in [0.2, 0.25) is 0 Å². The lowest BCUT2D eigenvalue weighted by atomic mass is 10.1. The maximum atomic E-state index is 9.03. The molecule has 0 bridgehead atoms. The number of aryl methyl sites for hydroxylation is 3. The van der Waals surface area contributed by atoms with E-state index in [1.54, 1.807) is 0 Å². The van der Waals surface area contributed by atoms with Crippen LogP contribution in [0.25, 0.3) is 10.9 Å². The van der Waals surface area contributed by atoms with Gasteiger partial charge in [-0.25, -0.2) is 0 Å². The van der Waals surface area contributed by atoms with E-state index in [4.69, 9.17) is 5.11 Å². The first-order valence-corrected chi connectivity index (χ1v) is 5.31. The highest BCUT2D eigenvalue weighted by Gasteiger charge is 2.09. The average molecular weight is 203 g/mol. The number of aliphatic hydroxyl groups is 1. The van der Waals surface area contributed by atoms with Gasteiger partial charge >= 0.3 is 0 Å². The van der Waals surface area contributed by atoms with E-state index in [0.717, 1.165) is 0 Å². The van der Waals surface area contributed by atoms with Crippen molar-refractivity contribution in [3.63, 3.8) is 0 Å². The molecule has 0 saturated carbocycles. The molecule has 1 heterocycles. The first kappa shape index (κ1) is 10.2. The lowest BCUT2D eigenvalue weighted by molar-refractivity contribution is 0.278. The largest absolute Gasteiger partial charge is 0.395 e. The Kier molecular flexibility index (Phi) is 2.53. The van der Waals surface area contributed by atoms with Crippen molar-refractivity contribution in [1.82, 2.24) is 4.57 Å². The van der Waals surface area contributed by atoms with Crippen LogP contribution in [0.4, 0.5) is 0 Å². The van der Waals surface area contributed by atoms with Gasteiger partial charge in [0, 0.05) is 18.1 Å². The molecule has 0 amide bonds. The predicted octanol–water partition coefficient (Wildman–Crippen LogP) is 2.56. The Bertz CT molecular complexity index is 497. The van der Waals surface area contributed by atoms with E-state index in [9.17, 15) is 0 Å². The summed E-state index contributed by atoms with van der Waals surface area (Å²) in [7, 11) is 0. The minimum absolute atomic E-state index is 0.191. The number of nitrogens with zero attached hydrogens (tertiary/aromatic N) is 1. The van der Waals surface area contributed by atoms with Gasteiger partial charge in [-0.2, -0.15) is 0 Å². The van der Waals surface area contributed by atoms with Gasteiger partial charge in [0.2, 0.25) is 0 Å². The first-order chi connectivity index (χ1) is 7.15. The van der Waals surface area contributed by atoms with Gasteiger partial charge in [-0.05, 0) is 37.5 Å². The average Bonchev–Trinajstić information content (AvgIpc) is 2.51. The summed E-state index contributed by atoms with van der Waals surface area (Å²) < 4.78 is 2.15. The fourth-order valence-electron chi connectivity index (χ4n) is 2.31. The zero-order valence-corrected chi connectivity index (χ0v) is 9.54. The topological polar surface area (TPSA) is 25.2 Å². The zero-order valence-electron chi connectivity index (χ0n) is 9.54. The highest BCUT2D eigenvalue weighted by atomic mass is 16.3. The van der Waals surface area contributed by atoms with Crippen molar-refractivity contribution in [3.8, 4) is 0 Å². The molecule has 80 valence electrons. The number of hydrogen-bond acceptors (Lipinski definition) is 1. The number of aliphatic hydroxyl groups excluding tert-OH is 1. The SMILES string of the molecule is Cc1ccc(C)c2c1c(C)cn2CCO. The fraction of sp³-hybridized carbons (Fsp3) is 0.385. The molecule has 15 heavy (non-hydrogen) atoms. The number of benzene rings is 1. The van der Waals surface area contributed by atoms with Crippen molar-refractivity contribution >= 4 is 10.9 Å². The van der Waals surface area contributed by atoms with Crippen molar-refractivity contribution in [2.75, 3.05) is 6.61 Å².